The van der Waals surface area contributed by atoms with Gasteiger partial charge in [0.25, 0.3) is 5.91 Å². The van der Waals surface area contributed by atoms with Gasteiger partial charge in [-0.25, -0.2) is 0 Å². The highest BCUT2D eigenvalue weighted by Gasteiger charge is 2.13. The molecule has 0 saturated carbocycles. The van der Waals surface area contributed by atoms with Gasteiger partial charge in [-0.1, -0.05) is 35.0 Å². The summed E-state index contributed by atoms with van der Waals surface area (Å²) in [5, 5.41) is 16.2. The molecule has 0 atom stereocenters. The molecule has 0 aliphatic carbocycles. The first-order valence-electron chi connectivity index (χ1n) is 10.0. The number of ether oxygens (including phenoxy) is 3. The van der Waals surface area contributed by atoms with Crippen LogP contribution in [0.15, 0.2) is 58.6 Å². The van der Waals surface area contributed by atoms with Gasteiger partial charge < -0.3 is 24.1 Å². The van der Waals surface area contributed by atoms with Gasteiger partial charge in [0, 0.05) is 12.5 Å². The number of anilines is 1. The number of nitrogens with one attached hydrogen (secondary N) is 1. The maximum Gasteiger partial charge on any atom is 0.267 e. The number of aryl methyl sites for hydroxylation is 1. The number of hydrogen-bond acceptors (Lipinski definition) is 7. The molecule has 1 aromatic heterocycles. The van der Waals surface area contributed by atoms with Gasteiger partial charge in [-0.15, -0.1) is 0 Å². The number of methoxy groups -OCH3 is 1. The Balaban J connectivity index is 1.58. The number of halogens is 1. The Morgan fingerprint density at radius 1 is 1.15 bits per heavy atom. The lowest BCUT2D eigenvalue weighted by molar-refractivity contribution is -0.112. The zero-order chi connectivity index (χ0) is 23.6. The van der Waals surface area contributed by atoms with E-state index in [1.54, 1.807) is 43.3 Å². The number of carbonyl (C=O) groups is 1. The number of hydrogen-bond donors (Lipinski definition) is 1. The highest BCUT2D eigenvalue weighted by Crippen LogP contribution is 2.29. The fraction of sp³-hybridized carbons (Fsp3) is 0.208. The number of nitriles is 1. The first-order chi connectivity index (χ1) is 16.0. The van der Waals surface area contributed by atoms with E-state index in [2.05, 4.69) is 10.5 Å². The van der Waals surface area contributed by atoms with Crippen LogP contribution < -0.4 is 19.5 Å². The molecule has 3 aromatic rings. The molecule has 2 aromatic carbocycles. The van der Waals surface area contributed by atoms with Crippen LogP contribution in [0.1, 0.15) is 17.7 Å². The Morgan fingerprint density at radius 3 is 2.58 bits per heavy atom. The standard InChI is InChI=1S/C24H22ClN3O5/c1-16-12-23(28-33-16)27-24(29)18(15-26)13-17-8-9-21(22(14-17)30-2)32-11-5-10-31-20-7-4-3-6-19(20)25/h3-4,6-9,12-14H,5,10-11H2,1-2H3,(H,27,28,29). The average molecular weight is 468 g/mol. The SMILES string of the molecule is COc1cc(C=C(C#N)C(=O)Nc2cc(C)on2)ccc1OCCCOc1ccccc1Cl. The third-order valence-corrected chi connectivity index (χ3v) is 4.69. The molecule has 0 spiro atoms. The molecule has 1 amide bonds. The number of rotatable bonds is 10. The van der Waals surface area contributed by atoms with E-state index in [1.165, 1.54) is 13.2 Å². The molecule has 170 valence electrons. The molecule has 8 nitrogen and oxygen atoms in total. The summed E-state index contributed by atoms with van der Waals surface area (Å²) < 4.78 is 21.7. The Bertz CT molecular complexity index is 1180. The van der Waals surface area contributed by atoms with Crippen molar-refractivity contribution in [1.29, 1.82) is 5.26 Å². The summed E-state index contributed by atoms with van der Waals surface area (Å²) in [6.45, 7) is 2.54. The van der Waals surface area contributed by atoms with Gasteiger partial charge in [0.15, 0.2) is 17.3 Å². The van der Waals surface area contributed by atoms with Crippen molar-refractivity contribution in [3.8, 4) is 23.3 Å². The molecule has 0 aliphatic heterocycles. The van der Waals surface area contributed by atoms with Crippen LogP contribution in [-0.2, 0) is 4.79 Å². The van der Waals surface area contributed by atoms with E-state index in [-0.39, 0.29) is 11.4 Å². The van der Waals surface area contributed by atoms with Gasteiger partial charge in [-0.05, 0) is 42.8 Å². The Morgan fingerprint density at radius 2 is 1.91 bits per heavy atom. The van der Waals surface area contributed by atoms with Crippen LogP contribution in [0.2, 0.25) is 5.02 Å². The van der Waals surface area contributed by atoms with Gasteiger partial charge in [0.2, 0.25) is 0 Å². The van der Waals surface area contributed by atoms with Gasteiger partial charge in [0.05, 0.1) is 25.3 Å². The molecule has 0 fully saturated rings. The highest BCUT2D eigenvalue weighted by molar-refractivity contribution is 6.32. The average Bonchev–Trinajstić information content (AvgIpc) is 3.23. The van der Waals surface area contributed by atoms with E-state index in [4.69, 9.17) is 30.3 Å². The Hall–Kier alpha value is -3.96. The lowest BCUT2D eigenvalue weighted by Gasteiger charge is -2.12. The molecule has 33 heavy (non-hydrogen) atoms. The first kappa shape index (κ1) is 23.7. The number of carbonyl (C=O) groups excluding carboxylic acids is 1. The summed E-state index contributed by atoms with van der Waals surface area (Å²) in [4.78, 5) is 12.3. The first-order valence-corrected chi connectivity index (χ1v) is 10.4. The second kappa shape index (κ2) is 11.6. The van der Waals surface area contributed by atoms with Gasteiger partial charge in [-0.3, -0.25) is 4.79 Å². The lowest BCUT2D eigenvalue weighted by atomic mass is 10.1. The molecule has 9 heteroatoms. The summed E-state index contributed by atoms with van der Waals surface area (Å²) >= 11 is 6.06. The molecule has 0 saturated heterocycles. The maximum atomic E-state index is 12.3. The van der Waals surface area contributed by atoms with Crippen molar-refractivity contribution in [2.75, 3.05) is 25.6 Å². The molecule has 0 bridgehead atoms. The number of nitrogens with zero attached hydrogens (tertiary/aromatic N) is 2. The molecular weight excluding hydrogens is 446 g/mol. The lowest BCUT2D eigenvalue weighted by Crippen LogP contribution is -2.13. The minimum Gasteiger partial charge on any atom is -0.493 e. The van der Waals surface area contributed by atoms with Crippen LogP contribution in [0.25, 0.3) is 6.08 Å². The third kappa shape index (κ3) is 6.76. The fourth-order valence-corrected chi connectivity index (χ4v) is 2.99. The summed E-state index contributed by atoms with van der Waals surface area (Å²) in [5.41, 5.74) is 0.507. The van der Waals surface area contributed by atoms with Crippen molar-refractivity contribution in [2.45, 2.75) is 13.3 Å². The summed E-state index contributed by atoms with van der Waals surface area (Å²) in [6, 6.07) is 15.8. The van der Waals surface area contributed by atoms with E-state index >= 15 is 0 Å². The molecule has 0 radical (unpaired) electrons. The van der Waals surface area contributed by atoms with E-state index in [9.17, 15) is 10.1 Å². The second-order valence-electron chi connectivity index (χ2n) is 6.84. The van der Waals surface area contributed by atoms with Gasteiger partial charge in [0.1, 0.15) is 23.2 Å². The minimum absolute atomic E-state index is 0.0944. The van der Waals surface area contributed by atoms with Crippen LogP contribution in [0.3, 0.4) is 0 Å². The summed E-state index contributed by atoms with van der Waals surface area (Å²) in [6.07, 6.45) is 2.09. The zero-order valence-electron chi connectivity index (χ0n) is 18.1. The second-order valence-corrected chi connectivity index (χ2v) is 7.25. The van der Waals surface area contributed by atoms with Crippen molar-refractivity contribution >= 4 is 29.4 Å². The van der Waals surface area contributed by atoms with Crippen molar-refractivity contribution in [3.63, 3.8) is 0 Å². The largest absolute Gasteiger partial charge is 0.493 e. The van der Waals surface area contributed by atoms with Crippen LogP contribution in [-0.4, -0.2) is 31.4 Å². The predicted molar refractivity (Wildman–Crippen MR) is 124 cm³/mol. The molecule has 1 heterocycles. The normalized spacial score (nSPS) is 10.9. The summed E-state index contributed by atoms with van der Waals surface area (Å²) in [7, 11) is 1.51. The van der Waals surface area contributed by atoms with Gasteiger partial charge >= 0.3 is 0 Å². The molecule has 0 unspecified atom stereocenters. The van der Waals surface area contributed by atoms with Crippen LogP contribution >= 0.6 is 11.6 Å². The Labute approximate surface area is 196 Å². The van der Waals surface area contributed by atoms with Crippen molar-refractivity contribution in [2.24, 2.45) is 0 Å². The number of benzene rings is 2. The number of aromatic nitrogens is 1. The van der Waals surface area contributed by atoms with Crippen LogP contribution in [0.5, 0.6) is 17.2 Å². The molecule has 3 rings (SSSR count). The highest BCUT2D eigenvalue weighted by atomic mass is 35.5. The minimum atomic E-state index is -0.594. The van der Waals surface area contributed by atoms with Crippen molar-refractivity contribution in [3.05, 3.63) is 70.5 Å². The number of amides is 1. The Kier molecular flexibility index (Phi) is 8.33. The fourth-order valence-electron chi connectivity index (χ4n) is 2.80. The zero-order valence-corrected chi connectivity index (χ0v) is 18.9. The topological polar surface area (TPSA) is 107 Å². The quantitative estimate of drug-likeness (QED) is 0.253. The van der Waals surface area contributed by atoms with E-state index in [1.807, 2.05) is 18.2 Å². The van der Waals surface area contributed by atoms with Crippen LogP contribution in [0.4, 0.5) is 5.82 Å². The monoisotopic (exact) mass is 467 g/mol. The third-order valence-electron chi connectivity index (χ3n) is 4.37. The van der Waals surface area contributed by atoms with E-state index in [0.29, 0.717) is 53.2 Å². The summed E-state index contributed by atoms with van der Waals surface area (Å²) in [5.74, 6) is 1.82. The molecular formula is C24H22ClN3O5. The van der Waals surface area contributed by atoms with Crippen LogP contribution in [0, 0.1) is 18.3 Å². The maximum absolute atomic E-state index is 12.3. The van der Waals surface area contributed by atoms with E-state index < -0.39 is 5.91 Å². The van der Waals surface area contributed by atoms with E-state index in [0.717, 1.165) is 0 Å². The van der Waals surface area contributed by atoms with Gasteiger partial charge in [-0.2, -0.15) is 5.26 Å². The molecule has 0 aliphatic rings. The van der Waals surface area contributed by atoms with Crippen molar-refractivity contribution in [1.82, 2.24) is 5.16 Å². The number of para-hydroxylation sites is 1. The molecule has 1 N–H and O–H groups in total. The van der Waals surface area contributed by atoms with Crippen molar-refractivity contribution < 1.29 is 23.5 Å². The predicted octanol–water partition coefficient (Wildman–Crippen LogP) is 5.04. The smallest absolute Gasteiger partial charge is 0.267 e.